The summed E-state index contributed by atoms with van der Waals surface area (Å²) in [6, 6.07) is 0. The Kier molecular flexibility index (Phi) is 25.8. The summed E-state index contributed by atoms with van der Waals surface area (Å²) in [4.78, 5) is 0. The summed E-state index contributed by atoms with van der Waals surface area (Å²) in [5.74, 6) is 2.08. The fourth-order valence-corrected chi connectivity index (χ4v) is 1.30. The zero-order chi connectivity index (χ0) is 11.3. The third-order valence-electron chi connectivity index (χ3n) is 1.61. The van der Waals surface area contributed by atoms with Gasteiger partial charge in [0, 0.05) is 0 Å². The van der Waals surface area contributed by atoms with Crippen molar-refractivity contribution in [2.24, 2.45) is 11.8 Å². The largest absolute Gasteiger partial charge is 0.0683 e. The predicted octanol–water partition coefficient (Wildman–Crippen LogP) is 5.52. The van der Waals surface area contributed by atoms with E-state index in [9.17, 15) is 0 Å². The van der Waals surface area contributed by atoms with Gasteiger partial charge in [-0.1, -0.05) is 61.8 Å². The lowest BCUT2D eigenvalue weighted by molar-refractivity contribution is 0.233. The summed E-state index contributed by atoms with van der Waals surface area (Å²) < 4.78 is 0. The highest BCUT2D eigenvalue weighted by Gasteiger charge is 2.19. The van der Waals surface area contributed by atoms with E-state index in [4.69, 9.17) is 0 Å². The highest BCUT2D eigenvalue weighted by Crippen LogP contribution is 2.31. The molecule has 0 heteroatoms. The van der Waals surface area contributed by atoms with Gasteiger partial charge in [0.15, 0.2) is 0 Å². The molecular formula is C13H32. The maximum Gasteiger partial charge on any atom is -0.0438 e. The molecule has 1 saturated carbocycles. The Bertz CT molecular complexity index is 45.1. The van der Waals surface area contributed by atoms with Crippen LogP contribution in [-0.2, 0) is 0 Å². The minimum absolute atomic E-state index is 1.04. The summed E-state index contributed by atoms with van der Waals surface area (Å²) in [6.45, 7) is 16.9. The van der Waals surface area contributed by atoms with E-state index < -0.39 is 0 Å². The van der Waals surface area contributed by atoms with Crippen LogP contribution < -0.4 is 0 Å². The minimum atomic E-state index is 1.04. The Hall–Kier alpha value is 0. The van der Waals surface area contributed by atoms with Gasteiger partial charge in [0.25, 0.3) is 0 Å². The van der Waals surface area contributed by atoms with Crippen LogP contribution in [0.1, 0.15) is 74.7 Å². The van der Waals surface area contributed by atoms with Crippen molar-refractivity contribution in [1.29, 1.82) is 0 Å². The topological polar surface area (TPSA) is 0 Å². The van der Waals surface area contributed by atoms with Crippen molar-refractivity contribution >= 4 is 0 Å². The number of hydrogen-bond acceptors (Lipinski definition) is 0. The van der Waals surface area contributed by atoms with Crippen molar-refractivity contribution in [1.82, 2.24) is 0 Å². The van der Waals surface area contributed by atoms with E-state index in [0.717, 1.165) is 11.8 Å². The third-order valence-corrected chi connectivity index (χ3v) is 1.61. The van der Waals surface area contributed by atoms with E-state index in [1.54, 1.807) is 0 Å². The van der Waals surface area contributed by atoms with Crippen LogP contribution in [-0.4, -0.2) is 0 Å². The molecule has 0 nitrogen and oxygen atoms in total. The zero-order valence-electron chi connectivity index (χ0n) is 11.3. The van der Waals surface area contributed by atoms with E-state index in [-0.39, 0.29) is 0 Å². The number of rotatable bonds is 0. The molecule has 0 spiro atoms. The lowest BCUT2D eigenvalue weighted by atomic mass is 9.78. The summed E-state index contributed by atoms with van der Waals surface area (Å²) >= 11 is 0. The predicted molar refractivity (Wildman–Crippen MR) is 66.2 cm³/mol. The Morgan fingerprint density at radius 3 is 0.923 bits per heavy atom. The van der Waals surface area contributed by atoms with Gasteiger partial charge in [-0.05, 0) is 24.7 Å². The molecule has 0 heterocycles. The van der Waals surface area contributed by atoms with Crippen LogP contribution in [0.2, 0.25) is 0 Å². The van der Waals surface area contributed by atoms with Crippen molar-refractivity contribution in [3.63, 3.8) is 0 Å². The minimum Gasteiger partial charge on any atom is -0.0683 e. The van der Waals surface area contributed by atoms with Crippen molar-refractivity contribution in [3.8, 4) is 0 Å². The summed E-state index contributed by atoms with van der Waals surface area (Å²) in [5.41, 5.74) is 0. The summed E-state index contributed by atoms with van der Waals surface area (Å²) in [6.07, 6.45) is 4.19. The Labute approximate surface area is 87.1 Å². The zero-order valence-corrected chi connectivity index (χ0v) is 11.3. The van der Waals surface area contributed by atoms with Crippen molar-refractivity contribution in [3.05, 3.63) is 0 Å². The smallest absolute Gasteiger partial charge is 0.0438 e. The first kappa shape index (κ1) is 18.7. The second kappa shape index (κ2) is 17.9. The lowest BCUT2D eigenvalue weighted by Gasteiger charge is -2.28. The molecule has 0 N–H and O–H groups in total. The van der Waals surface area contributed by atoms with Gasteiger partial charge in [-0.3, -0.25) is 0 Å². The van der Waals surface area contributed by atoms with Crippen LogP contribution in [0.5, 0.6) is 0 Å². The molecule has 0 aromatic carbocycles. The lowest BCUT2D eigenvalue weighted by Crippen LogP contribution is -2.16. The quantitative estimate of drug-likeness (QED) is 0.469. The van der Waals surface area contributed by atoms with Crippen molar-refractivity contribution < 1.29 is 0 Å². The summed E-state index contributed by atoms with van der Waals surface area (Å²) in [5, 5.41) is 0. The molecule has 0 radical (unpaired) electrons. The van der Waals surface area contributed by atoms with Gasteiger partial charge in [-0.15, -0.1) is 0 Å². The molecule has 84 valence electrons. The first-order valence-electron chi connectivity index (χ1n) is 6.20. The molecule has 1 aliphatic carbocycles. The van der Waals surface area contributed by atoms with Gasteiger partial charge < -0.3 is 0 Å². The van der Waals surface area contributed by atoms with Gasteiger partial charge in [-0.2, -0.15) is 0 Å². The maximum atomic E-state index is 2.32. The fourth-order valence-electron chi connectivity index (χ4n) is 1.30. The standard InChI is InChI=1S/C6H12.C3H8.2C2H6/c1-5-3-6(2)4-5;1-3-2;2*1-2/h5-6H,3-4H2,1-2H3;3H2,1-2H3;2*1-2H3. The third kappa shape index (κ3) is 18.8. The van der Waals surface area contributed by atoms with Crippen LogP contribution in [0.3, 0.4) is 0 Å². The summed E-state index contributed by atoms with van der Waals surface area (Å²) in [7, 11) is 0. The van der Waals surface area contributed by atoms with E-state index in [0.29, 0.717) is 0 Å². The van der Waals surface area contributed by atoms with E-state index in [1.165, 1.54) is 19.3 Å². The molecule has 0 saturated heterocycles. The van der Waals surface area contributed by atoms with Crippen LogP contribution in [0.4, 0.5) is 0 Å². The van der Waals surface area contributed by atoms with E-state index >= 15 is 0 Å². The molecule has 0 unspecified atom stereocenters. The molecule has 1 fully saturated rings. The molecular weight excluding hydrogens is 156 g/mol. The molecule has 1 rings (SSSR count). The van der Waals surface area contributed by atoms with Gasteiger partial charge in [-0.25, -0.2) is 0 Å². The second-order valence-corrected chi connectivity index (χ2v) is 3.39. The second-order valence-electron chi connectivity index (χ2n) is 3.39. The molecule has 0 aromatic heterocycles. The number of hydrogen-bond donors (Lipinski definition) is 0. The molecule has 0 amide bonds. The van der Waals surface area contributed by atoms with E-state index in [1.807, 2.05) is 27.7 Å². The molecule has 0 aliphatic heterocycles. The highest BCUT2D eigenvalue weighted by molar-refractivity contribution is 4.71. The molecule has 1 aliphatic rings. The Morgan fingerprint density at radius 2 is 0.923 bits per heavy atom. The first-order valence-corrected chi connectivity index (χ1v) is 6.20. The van der Waals surface area contributed by atoms with Crippen LogP contribution in [0, 0.1) is 11.8 Å². The first-order chi connectivity index (χ1) is 6.20. The van der Waals surface area contributed by atoms with Gasteiger partial charge in [0.2, 0.25) is 0 Å². The fraction of sp³-hybridized carbons (Fsp3) is 1.00. The van der Waals surface area contributed by atoms with Crippen LogP contribution >= 0.6 is 0 Å². The average molecular weight is 188 g/mol. The molecule has 0 aromatic rings. The van der Waals surface area contributed by atoms with Gasteiger partial charge in [0.1, 0.15) is 0 Å². The highest BCUT2D eigenvalue weighted by atomic mass is 14.2. The Morgan fingerprint density at radius 1 is 0.769 bits per heavy atom. The van der Waals surface area contributed by atoms with Crippen molar-refractivity contribution in [2.45, 2.75) is 74.7 Å². The maximum absolute atomic E-state index is 2.32. The average Bonchev–Trinajstić information content (AvgIpc) is 2.11. The molecule has 13 heavy (non-hydrogen) atoms. The van der Waals surface area contributed by atoms with Crippen LogP contribution in [0.15, 0.2) is 0 Å². The molecule has 0 bridgehead atoms. The Balaban J connectivity index is -0.000000124. The molecule has 0 atom stereocenters. The van der Waals surface area contributed by atoms with Crippen molar-refractivity contribution in [2.75, 3.05) is 0 Å². The van der Waals surface area contributed by atoms with Gasteiger partial charge in [0.05, 0.1) is 0 Å². The van der Waals surface area contributed by atoms with Gasteiger partial charge >= 0.3 is 0 Å². The monoisotopic (exact) mass is 188 g/mol. The van der Waals surface area contributed by atoms with E-state index in [2.05, 4.69) is 27.7 Å². The SMILES string of the molecule is CC.CC.CC1CC(C)C1.CCC. The normalized spacial score (nSPS) is 23.1. The van der Waals surface area contributed by atoms with Crippen LogP contribution in [0.25, 0.3) is 0 Å².